The molecule has 0 bridgehead atoms. The van der Waals surface area contributed by atoms with Crippen molar-refractivity contribution in [3.8, 4) is 11.1 Å². The van der Waals surface area contributed by atoms with E-state index in [9.17, 15) is 14.7 Å². The van der Waals surface area contributed by atoms with Crippen LogP contribution in [0, 0.1) is 17.3 Å². The fraction of sp³-hybridized carbons (Fsp3) is 0.440. The summed E-state index contributed by atoms with van der Waals surface area (Å²) in [6.07, 6.45) is 0.170. The van der Waals surface area contributed by atoms with Crippen LogP contribution in [-0.2, 0) is 9.53 Å². The minimum absolute atomic E-state index is 0.000163. The molecular formula is C25H29NO4. The lowest BCUT2D eigenvalue weighted by molar-refractivity contribution is -0.144. The van der Waals surface area contributed by atoms with Crippen LogP contribution in [0.15, 0.2) is 48.5 Å². The van der Waals surface area contributed by atoms with Crippen molar-refractivity contribution in [2.24, 2.45) is 17.3 Å². The first-order valence-corrected chi connectivity index (χ1v) is 10.6. The van der Waals surface area contributed by atoms with E-state index in [4.69, 9.17) is 4.74 Å². The van der Waals surface area contributed by atoms with Crippen molar-refractivity contribution in [3.63, 3.8) is 0 Å². The minimum Gasteiger partial charge on any atom is -0.481 e. The molecule has 1 heterocycles. The van der Waals surface area contributed by atoms with Crippen LogP contribution in [0.2, 0.25) is 0 Å². The largest absolute Gasteiger partial charge is 0.481 e. The monoisotopic (exact) mass is 407 g/mol. The molecule has 0 aromatic heterocycles. The first-order chi connectivity index (χ1) is 14.3. The smallest absolute Gasteiger partial charge is 0.409 e. The van der Waals surface area contributed by atoms with E-state index in [1.165, 1.54) is 22.3 Å². The molecular weight excluding hydrogens is 378 g/mol. The normalized spacial score (nSPS) is 21.1. The molecule has 0 saturated carbocycles. The van der Waals surface area contributed by atoms with E-state index in [1.54, 1.807) is 4.90 Å². The van der Waals surface area contributed by atoms with E-state index >= 15 is 0 Å². The first kappa shape index (κ1) is 20.5. The summed E-state index contributed by atoms with van der Waals surface area (Å²) in [5, 5.41) is 9.56. The maximum atomic E-state index is 12.9. The number of carbonyl (C=O) groups excluding carboxylic acids is 1. The van der Waals surface area contributed by atoms with Crippen molar-refractivity contribution in [2.45, 2.75) is 33.1 Å². The maximum Gasteiger partial charge on any atom is 0.409 e. The number of ether oxygens (including phenoxy) is 1. The van der Waals surface area contributed by atoms with Crippen LogP contribution < -0.4 is 0 Å². The SMILES string of the molecule is CC(C)(C)[C@@H]1C[C@@H](C(=O)O)CN(C(=O)OCC2c3ccccc3-c3ccccc32)C1. The summed E-state index contributed by atoms with van der Waals surface area (Å²) in [4.78, 5) is 26.2. The van der Waals surface area contributed by atoms with E-state index in [0.29, 0.717) is 13.0 Å². The second-order valence-corrected chi connectivity index (χ2v) is 9.54. The molecule has 2 aromatic rings. The van der Waals surface area contributed by atoms with E-state index in [-0.39, 0.29) is 30.4 Å². The summed E-state index contributed by atoms with van der Waals surface area (Å²) in [6, 6.07) is 16.5. The molecule has 1 saturated heterocycles. The Hall–Kier alpha value is -2.82. The van der Waals surface area contributed by atoms with Gasteiger partial charge >= 0.3 is 12.1 Å². The third kappa shape index (κ3) is 3.81. The van der Waals surface area contributed by atoms with Gasteiger partial charge in [-0.2, -0.15) is 0 Å². The number of benzene rings is 2. The third-order valence-electron chi connectivity index (χ3n) is 6.62. The number of aliphatic carboxylic acids is 1. The molecule has 0 unspecified atom stereocenters. The number of rotatable bonds is 3. The van der Waals surface area contributed by atoms with Gasteiger partial charge in [0, 0.05) is 19.0 Å². The molecule has 1 aliphatic heterocycles. The molecule has 4 rings (SSSR count). The average Bonchev–Trinajstić information content (AvgIpc) is 3.05. The van der Waals surface area contributed by atoms with Gasteiger partial charge in [0.1, 0.15) is 6.61 Å². The lowest BCUT2D eigenvalue weighted by atomic mass is 9.73. The predicted octanol–water partition coefficient (Wildman–Crippen LogP) is 5.00. The van der Waals surface area contributed by atoms with Gasteiger partial charge in [-0.25, -0.2) is 4.79 Å². The van der Waals surface area contributed by atoms with Gasteiger partial charge < -0.3 is 14.7 Å². The second kappa shape index (κ2) is 7.78. The second-order valence-electron chi connectivity index (χ2n) is 9.54. The molecule has 5 heteroatoms. The number of carboxylic acids is 1. The number of fused-ring (bicyclic) bond motifs is 3. The van der Waals surface area contributed by atoms with Gasteiger partial charge in [0.05, 0.1) is 5.92 Å². The van der Waals surface area contributed by atoms with Crippen molar-refractivity contribution >= 4 is 12.1 Å². The van der Waals surface area contributed by atoms with Gasteiger partial charge in [-0.3, -0.25) is 4.79 Å². The summed E-state index contributed by atoms with van der Waals surface area (Å²) < 4.78 is 5.76. The van der Waals surface area contributed by atoms with Gasteiger partial charge in [0.25, 0.3) is 0 Å². The fourth-order valence-electron chi connectivity index (χ4n) is 4.74. The Balaban J connectivity index is 1.50. The van der Waals surface area contributed by atoms with Crippen LogP contribution in [0.4, 0.5) is 4.79 Å². The Bertz CT molecular complexity index is 916. The number of likely N-dealkylation sites (tertiary alicyclic amines) is 1. The first-order valence-electron chi connectivity index (χ1n) is 10.6. The number of nitrogens with zero attached hydrogens (tertiary/aromatic N) is 1. The maximum absolute atomic E-state index is 12.9. The molecule has 1 amide bonds. The minimum atomic E-state index is -0.847. The lowest BCUT2D eigenvalue weighted by Gasteiger charge is -2.41. The van der Waals surface area contributed by atoms with Gasteiger partial charge in [0.15, 0.2) is 0 Å². The molecule has 5 nitrogen and oxygen atoms in total. The van der Waals surface area contributed by atoms with Gasteiger partial charge in [-0.15, -0.1) is 0 Å². The van der Waals surface area contributed by atoms with Crippen molar-refractivity contribution in [1.29, 1.82) is 0 Å². The zero-order valence-corrected chi connectivity index (χ0v) is 17.8. The van der Waals surface area contributed by atoms with Gasteiger partial charge in [-0.1, -0.05) is 69.3 Å². The molecule has 1 N–H and O–H groups in total. The van der Waals surface area contributed by atoms with Crippen LogP contribution >= 0.6 is 0 Å². The molecule has 158 valence electrons. The van der Waals surface area contributed by atoms with Crippen LogP contribution in [0.5, 0.6) is 0 Å². The highest BCUT2D eigenvalue weighted by Gasteiger charge is 2.39. The summed E-state index contributed by atoms with van der Waals surface area (Å²) in [7, 11) is 0. The van der Waals surface area contributed by atoms with Gasteiger partial charge in [0.2, 0.25) is 0 Å². The number of hydrogen-bond acceptors (Lipinski definition) is 3. The zero-order chi connectivity index (χ0) is 21.5. The molecule has 0 radical (unpaired) electrons. The molecule has 2 atom stereocenters. The Labute approximate surface area is 177 Å². The zero-order valence-electron chi connectivity index (χ0n) is 17.8. The molecule has 2 aromatic carbocycles. The van der Waals surface area contributed by atoms with E-state index in [1.807, 2.05) is 24.3 Å². The van der Waals surface area contributed by atoms with Gasteiger partial charge in [-0.05, 0) is 40.0 Å². The highest BCUT2D eigenvalue weighted by Crippen LogP contribution is 2.44. The van der Waals surface area contributed by atoms with Crippen molar-refractivity contribution in [1.82, 2.24) is 4.90 Å². The molecule has 30 heavy (non-hydrogen) atoms. The van der Waals surface area contributed by atoms with Crippen LogP contribution in [-0.4, -0.2) is 41.8 Å². The Morgan fingerprint density at radius 1 is 1.00 bits per heavy atom. The molecule has 1 aliphatic carbocycles. The Morgan fingerprint density at radius 2 is 1.57 bits per heavy atom. The Kier molecular flexibility index (Phi) is 5.31. The molecule has 2 aliphatic rings. The number of hydrogen-bond donors (Lipinski definition) is 1. The number of amides is 1. The predicted molar refractivity (Wildman–Crippen MR) is 115 cm³/mol. The van der Waals surface area contributed by atoms with Crippen LogP contribution in [0.1, 0.15) is 44.2 Å². The van der Waals surface area contributed by atoms with Crippen LogP contribution in [0.25, 0.3) is 11.1 Å². The summed E-state index contributed by atoms with van der Waals surface area (Å²) in [5.74, 6) is -1.28. The quantitative estimate of drug-likeness (QED) is 0.777. The molecule has 1 fully saturated rings. The highest BCUT2D eigenvalue weighted by atomic mass is 16.6. The fourth-order valence-corrected chi connectivity index (χ4v) is 4.74. The van der Waals surface area contributed by atoms with Crippen LogP contribution in [0.3, 0.4) is 0 Å². The third-order valence-corrected chi connectivity index (χ3v) is 6.62. The Morgan fingerprint density at radius 3 is 2.10 bits per heavy atom. The summed E-state index contributed by atoms with van der Waals surface area (Å²) in [6.45, 7) is 7.28. The van der Waals surface area contributed by atoms with Crippen molar-refractivity contribution in [2.75, 3.05) is 19.7 Å². The van der Waals surface area contributed by atoms with E-state index < -0.39 is 18.0 Å². The van der Waals surface area contributed by atoms with Crippen molar-refractivity contribution < 1.29 is 19.4 Å². The standard InChI is InChI=1S/C25H29NO4/c1-25(2,3)17-12-16(23(27)28)13-26(14-17)24(29)30-15-22-20-10-6-4-8-18(20)19-9-5-7-11-21(19)22/h4-11,16-17,22H,12-15H2,1-3H3,(H,27,28)/t16-,17-/m1/s1. The number of piperidine rings is 1. The summed E-state index contributed by atoms with van der Waals surface area (Å²) in [5.41, 5.74) is 4.63. The number of carbonyl (C=O) groups is 2. The molecule has 0 spiro atoms. The topological polar surface area (TPSA) is 66.8 Å². The highest BCUT2D eigenvalue weighted by molar-refractivity contribution is 5.79. The van der Waals surface area contributed by atoms with E-state index in [0.717, 1.165) is 0 Å². The average molecular weight is 408 g/mol. The number of carboxylic acid groups (broad SMARTS) is 1. The lowest BCUT2D eigenvalue weighted by Crippen LogP contribution is -2.49. The van der Waals surface area contributed by atoms with E-state index in [2.05, 4.69) is 45.0 Å². The van der Waals surface area contributed by atoms with Crippen molar-refractivity contribution in [3.05, 3.63) is 59.7 Å². The summed E-state index contributed by atoms with van der Waals surface area (Å²) >= 11 is 0.